The van der Waals surface area contributed by atoms with Gasteiger partial charge in [-0.3, -0.25) is 9.69 Å². The molecule has 1 unspecified atom stereocenters. The van der Waals surface area contributed by atoms with Crippen molar-refractivity contribution in [2.75, 3.05) is 40.5 Å². The van der Waals surface area contributed by atoms with E-state index in [1.165, 1.54) is 5.56 Å². The molecule has 1 atom stereocenters. The third kappa shape index (κ3) is 3.57. The Morgan fingerprint density at radius 2 is 1.81 bits per heavy atom. The zero-order valence-corrected chi connectivity index (χ0v) is 15.7. The quantitative estimate of drug-likeness (QED) is 0.812. The summed E-state index contributed by atoms with van der Waals surface area (Å²) in [6.45, 7) is 2.20. The van der Waals surface area contributed by atoms with Crippen LogP contribution in [0.1, 0.15) is 17.3 Å². The van der Waals surface area contributed by atoms with E-state index in [0.29, 0.717) is 26.3 Å². The van der Waals surface area contributed by atoms with E-state index in [0.717, 1.165) is 29.2 Å². The fraction of sp³-hybridized carbons (Fsp3) is 0.381. The number of rotatable bonds is 5. The maximum atomic E-state index is 12.6. The van der Waals surface area contributed by atoms with E-state index in [1.54, 1.807) is 7.11 Å². The van der Waals surface area contributed by atoms with Gasteiger partial charge in [-0.1, -0.05) is 18.2 Å². The molecule has 0 aliphatic carbocycles. The number of carbonyl (C=O) groups excluding carboxylic acids is 1. The van der Waals surface area contributed by atoms with Crippen molar-refractivity contribution in [1.29, 1.82) is 0 Å². The summed E-state index contributed by atoms with van der Waals surface area (Å²) >= 11 is 0. The topological polar surface area (TPSA) is 51.2 Å². The second kappa shape index (κ2) is 7.48. The average Bonchev–Trinajstić information content (AvgIpc) is 2.99. The van der Waals surface area contributed by atoms with Crippen molar-refractivity contribution in [3.63, 3.8) is 0 Å². The van der Waals surface area contributed by atoms with E-state index >= 15 is 0 Å². The highest BCUT2D eigenvalue weighted by molar-refractivity contribution is 5.81. The van der Waals surface area contributed by atoms with Crippen LogP contribution in [0, 0.1) is 0 Å². The van der Waals surface area contributed by atoms with Crippen molar-refractivity contribution in [2.24, 2.45) is 0 Å². The lowest BCUT2D eigenvalue weighted by Crippen LogP contribution is -2.32. The van der Waals surface area contributed by atoms with Crippen LogP contribution in [0.3, 0.4) is 0 Å². The Balaban J connectivity index is 1.52. The molecule has 2 aliphatic rings. The molecule has 6 nitrogen and oxygen atoms in total. The zero-order chi connectivity index (χ0) is 18.8. The molecular weight excluding hydrogens is 344 g/mol. The van der Waals surface area contributed by atoms with E-state index in [4.69, 9.17) is 14.2 Å². The Bertz CT molecular complexity index is 821. The molecule has 1 fully saturated rings. The molecule has 6 heteroatoms. The maximum Gasteiger partial charge on any atom is 0.238 e. The molecule has 142 valence electrons. The van der Waals surface area contributed by atoms with Gasteiger partial charge in [-0.2, -0.15) is 0 Å². The van der Waals surface area contributed by atoms with E-state index in [-0.39, 0.29) is 12.1 Å². The van der Waals surface area contributed by atoms with Crippen LogP contribution in [0.4, 0.5) is 0 Å². The maximum absolute atomic E-state index is 12.6. The minimum atomic E-state index is -0.0911. The third-order valence-corrected chi connectivity index (χ3v) is 5.08. The van der Waals surface area contributed by atoms with E-state index in [9.17, 15) is 4.79 Å². The molecule has 0 radical (unpaired) electrons. The van der Waals surface area contributed by atoms with Crippen LogP contribution >= 0.6 is 0 Å². The van der Waals surface area contributed by atoms with Gasteiger partial charge in [0, 0.05) is 6.54 Å². The predicted molar refractivity (Wildman–Crippen MR) is 101 cm³/mol. The van der Waals surface area contributed by atoms with Crippen LogP contribution in [0.5, 0.6) is 17.2 Å². The molecule has 0 aromatic heterocycles. The second-order valence-electron chi connectivity index (χ2n) is 6.88. The van der Waals surface area contributed by atoms with Gasteiger partial charge < -0.3 is 19.1 Å². The smallest absolute Gasteiger partial charge is 0.238 e. The predicted octanol–water partition coefficient (Wildman–Crippen LogP) is 2.48. The molecular formula is C21H24N2O4. The largest absolute Gasteiger partial charge is 0.497 e. The Kier molecular flexibility index (Phi) is 4.90. The van der Waals surface area contributed by atoms with Crippen LogP contribution in [0.2, 0.25) is 0 Å². The van der Waals surface area contributed by atoms with Crippen LogP contribution < -0.4 is 14.2 Å². The normalized spacial score (nSPS) is 19.4. The van der Waals surface area contributed by atoms with Crippen molar-refractivity contribution < 1.29 is 19.0 Å². The first kappa shape index (κ1) is 17.7. The van der Waals surface area contributed by atoms with Crippen molar-refractivity contribution in [2.45, 2.75) is 12.6 Å². The average molecular weight is 368 g/mol. The second-order valence-corrected chi connectivity index (χ2v) is 6.88. The fourth-order valence-electron chi connectivity index (χ4n) is 3.71. The number of ether oxygens (including phenoxy) is 3. The van der Waals surface area contributed by atoms with Gasteiger partial charge in [-0.25, -0.2) is 0 Å². The van der Waals surface area contributed by atoms with Gasteiger partial charge in [-0.05, 0) is 48.9 Å². The third-order valence-electron chi connectivity index (χ3n) is 5.08. The lowest BCUT2D eigenvalue weighted by molar-refractivity contribution is -0.128. The number of hydrogen-bond acceptors (Lipinski definition) is 5. The summed E-state index contributed by atoms with van der Waals surface area (Å²) in [5.41, 5.74) is 2.22. The minimum Gasteiger partial charge on any atom is -0.497 e. The van der Waals surface area contributed by atoms with Crippen molar-refractivity contribution >= 4 is 5.91 Å². The van der Waals surface area contributed by atoms with Gasteiger partial charge in [0.15, 0.2) is 11.5 Å². The molecule has 2 heterocycles. The van der Waals surface area contributed by atoms with Crippen molar-refractivity contribution in [3.8, 4) is 17.2 Å². The fourth-order valence-corrected chi connectivity index (χ4v) is 3.71. The monoisotopic (exact) mass is 368 g/mol. The minimum absolute atomic E-state index is 0.0911. The highest BCUT2D eigenvalue weighted by Crippen LogP contribution is 2.37. The number of benzene rings is 2. The molecule has 0 N–H and O–H groups in total. The molecule has 4 rings (SSSR count). The lowest BCUT2D eigenvalue weighted by Gasteiger charge is -2.29. The summed E-state index contributed by atoms with van der Waals surface area (Å²) in [7, 11) is 3.64. The summed E-state index contributed by atoms with van der Waals surface area (Å²) in [6, 6.07) is 13.9. The molecule has 1 saturated heterocycles. The van der Waals surface area contributed by atoms with Crippen LogP contribution in [0.15, 0.2) is 42.5 Å². The standard InChI is InChI=1S/C21H24N2O4/c1-22-14-20(24)23(10-9-15-3-6-17(25-2)7-4-15)21(22)16-5-8-18-19(13-16)27-12-11-26-18/h3-8,13,21H,9-12,14H2,1-2H3. The van der Waals surface area contributed by atoms with Gasteiger partial charge in [0.25, 0.3) is 0 Å². The zero-order valence-electron chi connectivity index (χ0n) is 15.7. The Morgan fingerprint density at radius 3 is 2.56 bits per heavy atom. The summed E-state index contributed by atoms with van der Waals surface area (Å²) in [5, 5.41) is 0. The molecule has 0 spiro atoms. The van der Waals surface area contributed by atoms with Crippen LogP contribution in [0.25, 0.3) is 0 Å². The number of amides is 1. The van der Waals surface area contributed by atoms with Gasteiger partial charge in [0.05, 0.1) is 13.7 Å². The number of methoxy groups -OCH3 is 1. The molecule has 2 aromatic rings. The lowest BCUT2D eigenvalue weighted by atomic mass is 10.1. The number of nitrogens with zero attached hydrogens (tertiary/aromatic N) is 2. The number of fused-ring (bicyclic) bond motifs is 1. The van der Waals surface area contributed by atoms with Gasteiger partial charge in [-0.15, -0.1) is 0 Å². The van der Waals surface area contributed by atoms with Crippen LogP contribution in [-0.4, -0.2) is 56.2 Å². The summed E-state index contributed by atoms with van der Waals surface area (Å²) < 4.78 is 16.5. The molecule has 27 heavy (non-hydrogen) atoms. The number of hydrogen-bond donors (Lipinski definition) is 0. The highest BCUT2D eigenvalue weighted by atomic mass is 16.6. The first-order valence-electron chi connectivity index (χ1n) is 9.18. The first-order chi connectivity index (χ1) is 13.2. The Labute approximate surface area is 159 Å². The number of carbonyl (C=O) groups is 1. The van der Waals surface area contributed by atoms with Gasteiger partial charge in [0.2, 0.25) is 5.91 Å². The number of likely N-dealkylation sites (N-methyl/N-ethyl adjacent to an activating group) is 1. The molecule has 0 bridgehead atoms. The summed E-state index contributed by atoms with van der Waals surface area (Å²) in [6.07, 6.45) is 0.705. The van der Waals surface area contributed by atoms with E-state index in [2.05, 4.69) is 4.90 Å². The van der Waals surface area contributed by atoms with Gasteiger partial charge >= 0.3 is 0 Å². The van der Waals surface area contributed by atoms with Crippen LogP contribution in [-0.2, 0) is 11.2 Å². The molecule has 1 amide bonds. The summed E-state index contributed by atoms with van der Waals surface area (Å²) in [5.74, 6) is 2.50. The van der Waals surface area contributed by atoms with Gasteiger partial charge in [0.1, 0.15) is 25.1 Å². The SMILES string of the molecule is COc1ccc(CCN2C(=O)CN(C)C2c2ccc3c(c2)OCCO3)cc1. The van der Waals surface area contributed by atoms with Crippen molar-refractivity contribution in [3.05, 3.63) is 53.6 Å². The first-order valence-corrected chi connectivity index (χ1v) is 9.18. The highest BCUT2D eigenvalue weighted by Gasteiger charge is 2.36. The molecule has 0 saturated carbocycles. The Morgan fingerprint density at radius 1 is 1.07 bits per heavy atom. The summed E-state index contributed by atoms with van der Waals surface area (Å²) in [4.78, 5) is 16.6. The molecule has 2 aliphatic heterocycles. The van der Waals surface area contributed by atoms with Crippen molar-refractivity contribution in [1.82, 2.24) is 9.80 Å². The van der Waals surface area contributed by atoms with E-state index < -0.39 is 0 Å². The Hall–Kier alpha value is -2.73. The molecule has 2 aromatic carbocycles. The van der Waals surface area contributed by atoms with E-state index in [1.807, 2.05) is 54.4 Å².